The summed E-state index contributed by atoms with van der Waals surface area (Å²) in [6.45, 7) is 3.94. The summed E-state index contributed by atoms with van der Waals surface area (Å²) in [6.07, 6.45) is -0.295. The van der Waals surface area contributed by atoms with Gasteiger partial charge in [-0.25, -0.2) is 4.79 Å². The third-order valence-corrected chi connectivity index (χ3v) is 4.72. The smallest absolute Gasteiger partial charge is 0.415 e. The maximum Gasteiger partial charge on any atom is 0.415 e. The van der Waals surface area contributed by atoms with E-state index in [1.807, 2.05) is 48.5 Å². The Bertz CT molecular complexity index is 722. The fourth-order valence-corrected chi connectivity index (χ4v) is 3.55. The molecule has 2 aromatic carbocycles. The Morgan fingerprint density at radius 3 is 2.44 bits per heavy atom. The molecule has 2 aromatic rings. The van der Waals surface area contributed by atoms with Crippen LogP contribution in [-0.2, 0) is 16.0 Å². The molecule has 2 heterocycles. The molecule has 0 aliphatic carbocycles. The van der Waals surface area contributed by atoms with Crippen molar-refractivity contribution in [2.75, 3.05) is 37.7 Å². The van der Waals surface area contributed by atoms with Crippen LogP contribution >= 0.6 is 0 Å². The second kappa shape index (κ2) is 6.86. The third-order valence-electron chi connectivity index (χ3n) is 4.72. The van der Waals surface area contributed by atoms with E-state index in [2.05, 4.69) is 17.0 Å². The molecule has 0 aromatic heterocycles. The number of carbonyl (C=O) groups excluding carboxylic acids is 1. The van der Waals surface area contributed by atoms with Crippen molar-refractivity contribution in [1.29, 1.82) is 0 Å². The van der Waals surface area contributed by atoms with E-state index in [0.717, 1.165) is 18.8 Å². The summed E-state index contributed by atoms with van der Waals surface area (Å²) >= 11 is 0. The van der Waals surface area contributed by atoms with Crippen molar-refractivity contribution >= 4 is 11.8 Å². The van der Waals surface area contributed by atoms with E-state index in [-0.39, 0.29) is 6.09 Å². The second-order valence-corrected chi connectivity index (χ2v) is 6.72. The Morgan fingerprint density at radius 1 is 0.960 bits per heavy atom. The first-order chi connectivity index (χ1) is 12.2. The Balaban J connectivity index is 1.51. The largest absolute Gasteiger partial charge is 0.437 e. The third kappa shape index (κ3) is 3.52. The van der Waals surface area contributed by atoms with Crippen molar-refractivity contribution in [2.24, 2.45) is 0 Å². The molecule has 2 saturated heterocycles. The van der Waals surface area contributed by atoms with Gasteiger partial charge in [0.2, 0.25) is 0 Å². The topological polar surface area (TPSA) is 42.0 Å². The van der Waals surface area contributed by atoms with E-state index < -0.39 is 5.60 Å². The van der Waals surface area contributed by atoms with Crippen molar-refractivity contribution in [3.05, 3.63) is 66.2 Å². The van der Waals surface area contributed by atoms with Crippen molar-refractivity contribution in [3.8, 4) is 0 Å². The molecule has 2 aliphatic rings. The standard InChI is InChI=1S/C20H22N2O3/c23-19-22(18-9-5-2-6-10-18)15-20(25-19)14-21(11-12-24-16-20)13-17-7-3-1-4-8-17/h1-10H,11-16H2. The van der Waals surface area contributed by atoms with Crippen LogP contribution in [0.4, 0.5) is 10.5 Å². The monoisotopic (exact) mass is 338 g/mol. The Labute approximate surface area is 147 Å². The zero-order valence-corrected chi connectivity index (χ0v) is 14.1. The van der Waals surface area contributed by atoms with Crippen LogP contribution in [0.2, 0.25) is 0 Å². The molecule has 1 spiro atoms. The van der Waals surface area contributed by atoms with Gasteiger partial charge in [0.05, 0.1) is 19.8 Å². The highest BCUT2D eigenvalue weighted by Gasteiger charge is 2.48. The number of rotatable bonds is 3. The van der Waals surface area contributed by atoms with Crippen LogP contribution in [0, 0.1) is 0 Å². The van der Waals surface area contributed by atoms with Gasteiger partial charge in [-0.05, 0) is 17.7 Å². The summed E-state index contributed by atoms with van der Waals surface area (Å²) < 4.78 is 11.6. The molecule has 25 heavy (non-hydrogen) atoms. The van der Waals surface area contributed by atoms with Crippen molar-refractivity contribution in [2.45, 2.75) is 12.1 Å². The van der Waals surface area contributed by atoms with Gasteiger partial charge in [-0.15, -0.1) is 0 Å². The van der Waals surface area contributed by atoms with Gasteiger partial charge in [0, 0.05) is 25.3 Å². The number of amides is 1. The molecular formula is C20H22N2O3. The number of ether oxygens (including phenoxy) is 2. The number of nitrogens with zero attached hydrogens (tertiary/aromatic N) is 2. The molecule has 5 heteroatoms. The molecular weight excluding hydrogens is 316 g/mol. The number of para-hydroxylation sites is 1. The zero-order chi connectivity index (χ0) is 17.1. The molecule has 0 radical (unpaired) electrons. The first-order valence-electron chi connectivity index (χ1n) is 8.64. The summed E-state index contributed by atoms with van der Waals surface area (Å²) in [7, 11) is 0. The van der Waals surface area contributed by atoms with E-state index in [1.165, 1.54) is 5.56 Å². The Morgan fingerprint density at radius 2 is 1.68 bits per heavy atom. The maximum atomic E-state index is 12.5. The summed E-state index contributed by atoms with van der Waals surface area (Å²) in [6, 6.07) is 20.0. The van der Waals surface area contributed by atoms with Gasteiger partial charge in [0.25, 0.3) is 0 Å². The lowest BCUT2D eigenvalue weighted by atomic mass is 10.0. The number of benzene rings is 2. The zero-order valence-electron chi connectivity index (χ0n) is 14.1. The fourth-order valence-electron chi connectivity index (χ4n) is 3.55. The van der Waals surface area contributed by atoms with Gasteiger partial charge in [-0.3, -0.25) is 9.80 Å². The molecule has 2 aliphatic heterocycles. The fraction of sp³-hybridized carbons (Fsp3) is 0.350. The van der Waals surface area contributed by atoms with Crippen LogP contribution in [0.25, 0.3) is 0 Å². The molecule has 0 N–H and O–H groups in total. The number of hydrogen-bond acceptors (Lipinski definition) is 4. The predicted molar refractivity (Wildman–Crippen MR) is 95.5 cm³/mol. The number of anilines is 1. The minimum atomic E-state index is -0.613. The molecule has 5 nitrogen and oxygen atoms in total. The lowest BCUT2D eigenvalue weighted by molar-refractivity contribution is -0.0154. The van der Waals surface area contributed by atoms with Gasteiger partial charge < -0.3 is 9.47 Å². The molecule has 1 unspecified atom stereocenters. The van der Waals surface area contributed by atoms with Crippen molar-refractivity contribution < 1.29 is 14.3 Å². The van der Waals surface area contributed by atoms with Crippen LogP contribution in [0.5, 0.6) is 0 Å². The van der Waals surface area contributed by atoms with E-state index in [1.54, 1.807) is 4.90 Å². The van der Waals surface area contributed by atoms with E-state index in [0.29, 0.717) is 26.3 Å². The lowest BCUT2D eigenvalue weighted by Crippen LogP contribution is -2.47. The Kier molecular flexibility index (Phi) is 4.42. The second-order valence-electron chi connectivity index (χ2n) is 6.72. The van der Waals surface area contributed by atoms with Gasteiger partial charge in [-0.2, -0.15) is 0 Å². The molecule has 2 fully saturated rings. The van der Waals surface area contributed by atoms with Gasteiger partial charge in [-0.1, -0.05) is 48.5 Å². The first-order valence-corrected chi connectivity index (χ1v) is 8.64. The average Bonchev–Trinajstić information content (AvgIpc) is 2.83. The van der Waals surface area contributed by atoms with E-state index in [9.17, 15) is 4.79 Å². The average molecular weight is 338 g/mol. The van der Waals surface area contributed by atoms with E-state index >= 15 is 0 Å². The SMILES string of the molecule is O=C1OC2(COCCN(Cc3ccccc3)C2)CN1c1ccccc1. The molecule has 1 amide bonds. The molecule has 4 rings (SSSR count). The van der Waals surface area contributed by atoms with Gasteiger partial charge >= 0.3 is 6.09 Å². The highest BCUT2D eigenvalue weighted by Crippen LogP contribution is 2.30. The highest BCUT2D eigenvalue weighted by atomic mass is 16.6. The van der Waals surface area contributed by atoms with Crippen LogP contribution in [0.15, 0.2) is 60.7 Å². The predicted octanol–water partition coefficient (Wildman–Crippen LogP) is 2.91. The first kappa shape index (κ1) is 16.1. The molecule has 0 saturated carbocycles. The molecule has 0 bridgehead atoms. The quantitative estimate of drug-likeness (QED) is 0.863. The minimum Gasteiger partial charge on any atom is -0.437 e. The van der Waals surface area contributed by atoms with Gasteiger partial charge in [0.15, 0.2) is 5.60 Å². The van der Waals surface area contributed by atoms with Crippen molar-refractivity contribution in [1.82, 2.24) is 4.90 Å². The Hall–Kier alpha value is -2.37. The van der Waals surface area contributed by atoms with Crippen LogP contribution in [-0.4, -0.2) is 49.4 Å². The summed E-state index contributed by atoms with van der Waals surface area (Å²) in [5.74, 6) is 0. The van der Waals surface area contributed by atoms with Crippen LogP contribution < -0.4 is 4.90 Å². The van der Waals surface area contributed by atoms with Crippen LogP contribution in [0.1, 0.15) is 5.56 Å². The van der Waals surface area contributed by atoms with Crippen LogP contribution in [0.3, 0.4) is 0 Å². The number of hydrogen-bond donors (Lipinski definition) is 0. The normalized spacial score (nSPS) is 24.3. The maximum absolute atomic E-state index is 12.5. The van der Waals surface area contributed by atoms with E-state index in [4.69, 9.17) is 9.47 Å². The summed E-state index contributed by atoms with van der Waals surface area (Å²) in [4.78, 5) is 16.5. The lowest BCUT2D eigenvalue weighted by Gasteiger charge is -2.29. The summed E-state index contributed by atoms with van der Waals surface area (Å²) in [5, 5.41) is 0. The number of carbonyl (C=O) groups is 1. The summed E-state index contributed by atoms with van der Waals surface area (Å²) in [5.41, 5.74) is 1.50. The molecule has 1 atom stereocenters. The minimum absolute atomic E-state index is 0.295. The molecule has 130 valence electrons. The van der Waals surface area contributed by atoms with Crippen molar-refractivity contribution in [3.63, 3.8) is 0 Å². The van der Waals surface area contributed by atoms with Gasteiger partial charge in [0.1, 0.15) is 0 Å². The highest BCUT2D eigenvalue weighted by molar-refractivity contribution is 5.90.